The molecule has 2 aliphatic rings. The number of ether oxygens (including phenoxy) is 1. The average molecular weight is 495 g/mol. The number of ketones is 1. The van der Waals surface area contributed by atoms with Crippen molar-refractivity contribution in [2.24, 2.45) is 0 Å². The first kappa shape index (κ1) is 20.5. The Morgan fingerprint density at radius 1 is 1.00 bits per heavy atom. The summed E-state index contributed by atoms with van der Waals surface area (Å²) in [4.78, 5) is 25.6. The summed E-state index contributed by atoms with van der Waals surface area (Å²) in [5, 5.41) is 3.88. The molecule has 1 N–H and O–H groups in total. The Morgan fingerprint density at radius 2 is 1.76 bits per heavy atom. The number of carbonyl (C=O) groups is 2. The third kappa shape index (κ3) is 3.96. The fourth-order valence-corrected chi connectivity index (χ4v) is 5.01. The lowest BCUT2D eigenvalue weighted by molar-refractivity contribution is -0.122. The highest BCUT2D eigenvalue weighted by molar-refractivity contribution is 9.10. The standard InChI is InChI=1S/C22H18BrCl2NO3/c1-29-20-5-3-12(6-15(20)23)14-10-21(28)26-18-8-13(9-19(27)22(14)18)11-2-4-16(24)17(25)7-11/h2-7,13-14H,8-10H2,1H3,(H,26,28). The lowest BCUT2D eigenvalue weighted by atomic mass is 9.73. The zero-order valence-electron chi connectivity index (χ0n) is 15.6. The number of rotatable bonds is 3. The predicted octanol–water partition coefficient (Wildman–Crippen LogP) is 5.77. The monoisotopic (exact) mass is 493 g/mol. The van der Waals surface area contributed by atoms with Crippen LogP contribution in [0, 0.1) is 0 Å². The van der Waals surface area contributed by atoms with Gasteiger partial charge in [-0.3, -0.25) is 9.59 Å². The van der Waals surface area contributed by atoms with Gasteiger partial charge in [0.2, 0.25) is 5.91 Å². The van der Waals surface area contributed by atoms with Crippen molar-refractivity contribution in [2.45, 2.75) is 31.1 Å². The Bertz CT molecular complexity index is 1050. The van der Waals surface area contributed by atoms with Crippen LogP contribution in [0.25, 0.3) is 0 Å². The van der Waals surface area contributed by atoms with Crippen LogP contribution in [-0.2, 0) is 9.59 Å². The van der Waals surface area contributed by atoms with Gasteiger partial charge in [0.05, 0.1) is 21.6 Å². The molecular formula is C22H18BrCl2NO3. The second-order valence-corrected chi connectivity index (χ2v) is 8.96. The lowest BCUT2D eigenvalue weighted by Gasteiger charge is -2.34. The van der Waals surface area contributed by atoms with Gasteiger partial charge >= 0.3 is 0 Å². The average Bonchev–Trinajstić information content (AvgIpc) is 2.69. The van der Waals surface area contributed by atoms with Crippen LogP contribution in [0.3, 0.4) is 0 Å². The number of amides is 1. The van der Waals surface area contributed by atoms with E-state index in [2.05, 4.69) is 21.2 Å². The SMILES string of the molecule is COc1ccc(C2CC(=O)NC3=C2C(=O)CC(c2ccc(Cl)c(Cl)c2)C3)cc1Br. The van der Waals surface area contributed by atoms with E-state index in [-0.39, 0.29) is 29.9 Å². The van der Waals surface area contributed by atoms with E-state index in [1.165, 1.54) is 0 Å². The molecule has 1 aliphatic carbocycles. The molecule has 0 aromatic heterocycles. The maximum absolute atomic E-state index is 13.2. The smallest absolute Gasteiger partial charge is 0.225 e. The summed E-state index contributed by atoms with van der Waals surface area (Å²) in [6.07, 6.45) is 1.21. The molecule has 0 radical (unpaired) electrons. The molecule has 0 bridgehead atoms. The van der Waals surface area contributed by atoms with Crippen LogP contribution in [0.15, 0.2) is 52.1 Å². The Morgan fingerprint density at radius 3 is 2.45 bits per heavy atom. The van der Waals surface area contributed by atoms with Crippen LogP contribution < -0.4 is 10.1 Å². The summed E-state index contributed by atoms with van der Waals surface area (Å²) in [5.74, 6) is 0.376. The van der Waals surface area contributed by atoms with E-state index in [0.29, 0.717) is 39.9 Å². The van der Waals surface area contributed by atoms with Crippen molar-refractivity contribution in [3.63, 3.8) is 0 Å². The molecule has 150 valence electrons. The molecule has 1 amide bonds. The van der Waals surface area contributed by atoms with Gasteiger partial charge in [-0.25, -0.2) is 0 Å². The molecule has 2 atom stereocenters. The number of methoxy groups -OCH3 is 1. The second-order valence-electron chi connectivity index (χ2n) is 7.29. The van der Waals surface area contributed by atoms with E-state index in [1.807, 2.05) is 24.3 Å². The third-order valence-electron chi connectivity index (χ3n) is 5.53. The minimum absolute atomic E-state index is 0.0438. The predicted molar refractivity (Wildman–Crippen MR) is 117 cm³/mol. The molecule has 0 fully saturated rings. The fraction of sp³-hybridized carbons (Fsp3) is 0.273. The van der Waals surface area contributed by atoms with Crippen molar-refractivity contribution in [1.82, 2.24) is 5.32 Å². The Labute approximate surface area is 187 Å². The van der Waals surface area contributed by atoms with Gasteiger partial charge in [-0.05, 0) is 63.7 Å². The molecule has 4 nitrogen and oxygen atoms in total. The van der Waals surface area contributed by atoms with Crippen LogP contribution >= 0.6 is 39.1 Å². The van der Waals surface area contributed by atoms with Gasteiger partial charge in [-0.2, -0.15) is 0 Å². The number of halogens is 3. The summed E-state index contributed by atoms with van der Waals surface area (Å²) in [7, 11) is 1.60. The molecule has 2 aromatic rings. The van der Waals surface area contributed by atoms with Crippen molar-refractivity contribution in [3.05, 3.63) is 73.3 Å². The molecule has 2 unspecified atom stereocenters. The Balaban J connectivity index is 1.71. The van der Waals surface area contributed by atoms with E-state index < -0.39 is 0 Å². The van der Waals surface area contributed by atoms with E-state index in [0.717, 1.165) is 15.6 Å². The van der Waals surface area contributed by atoms with Crippen molar-refractivity contribution >= 4 is 50.8 Å². The highest BCUT2D eigenvalue weighted by Gasteiger charge is 2.38. The van der Waals surface area contributed by atoms with E-state index in [4.69, 9.17) is 27.9 Å². The molecule has 0 saturated heterocycles. The van der Waals surface area contributed by atoms with Crippen molar-refractivity contribution in [3.8, 4) is 5.75 Å². The number of hydrogen-bond acceptors (Lipinski definition) is 3. The normalized spacial score (nSPS) is 21.7. The van der Waals surface area contributed by atoms with Crippen molar-refractivity contribution in [1.29, 1.82) is 0 Å². The van der Waals surface area contributed by atoms with Gasteiger partial charge in [-0.1, -0.05) is 35.3 Å². The van der Waals surface area contributed by atoms with Crippen molar-refractivity contribution in [2.75, 3.05) is 7.11 Å². The van der Waals surface area contributed by atoms with Crippen LogP contribution in [-0.4, -0.2) is 18.8 Å². The molecule has 1 aliphatic heterocycles. The zero-order chi connectivity index (χ0) is 20.7. The number of hydrogen-bond donors (Lipinski definition) is 1. The molecule has 29 heavy (non-hydrogen) atoms. The van der Waals surface area contributed by atoms with Gasteiger partial charge in [0.1, 0.15) is 5.75 Å². The van der Waals surface area contributed by atoms with Crippen LogP contribution in [0.1, 0.15) is 42.2 Å². The molecule has 0 saturated carbocycles. The highest BCUT2D eigenvalue weighted by Crippen LogP contribution is 2.44. The summed E-state index contributed by atoms with van der Waals surface area (Å²) in [6, 6.07) is 11.1. The van der Waals surface area contributed by atoms with Crippen LogP contribution in [0.5, 0.6) is 5.75 Å². The minimum atomic E-state index is -0.261. The quantitative estimate of drug-likeness (QED) is 0.589. The number of benzene rings is 2. The molecule has 2 aromatic carbocycles. The first-order valence-corrected chi connectivity index (χ1v) is 10.8. The highest BCUT2D eigenvalue weighted by atomic mass is 79.9. The molecular weight excluding hydrogens is 477 g/mol. The number of nitrogens with one attached hydrogen (secondary N) is 1. The summed E-state index contributed by atoms with van der Waals surface area (Å²) in [6.45, 7) is 0. The topological polar surface area (TPSA) is 55.4 Å². The molecule has 4 rings (SSSR count). The van der Waals surface area contributed by atoms with E-state index in [1.54, 1.807) is 19.2 Å². The lowest BCUT2D eigenvalue weighted by Crippen LogP contribution is -2.38. The Hall–Kier alpha value is -1.82. The van der Waals surface area contributed by atoms with Crippen LogP contribution in [0.4, 0.5) is 0 Å². The molecule has 0 spiro atoms. The number of carbonyl (C=O) groups excluding carboxylic acids is 2. The first-order chi connectivity index (χ1) is 13.9. The van der Waals surface area contributed by atoms with Crippen LogP contribution in [0.2, 0.25) is 10.0 Å². The van der Waals surface area contributed by atoms with Gasteiger partial charge in [0.15, 0.2) is 5.78 Å². The Kier molecular flexibility index (Phi) is 5.74. The summed E-state index contributed by atoms with van der Waals surface area (Å²) < 4.78 is 6.09. The molecule has 7 heteroatoms. The van der Waals surface area contributed by atoms with Crippen molar-refractivity contribution < 1.29 is 14.3 Å². The number of allylic oxidation sites excluding steroid dienone is 2. The number of Topliss-reactive ketones (excluding diaryl/α,β-unsaturated/α-hetero) is 1. The van der Waals surface area contributed by atoms with E-state index in [9.17, 15) is 9.59 Å². The third-order valence-corrected chi connectivity index (χ3v) is 6.89. The van der Waals surface area contributed by atoms with E-state index >= 15 is 0 Å². The summed E-state index contributed by atoms with van der Waals surface area (Å²) in [5.41, 5.74) is 3.28. The minimum Gasteiger partial charge on any atom is -0.496 e. The second kappa shape index (κ2) is 8.13. The largest absolute Gasteiger partial charge is 0.496 e. The zero-order valence-corrected chi connectivity index (χ0v) is 18.7. The van der Waals surface area contributed by atoms with Gasteiger partial charge in [-0.15, -0.1) is 0 Å². The fourth-order valence-electron chi connectivity index (χ4n) is 4.15. The van der Waals surface area contributed by atoms with Gasteiger partial charge in [0, 0.05) is 30.0 Å². The summed E-state index contributed by atoms with van der Waals surface area (Å²) >= 11 is 15.7. The maximum atomic E-state index is 13.2. The van der Waals surface area contributed by atoms with Gasteiger partial charge in [0.25, 0.3) is 0 Å². The maximum Gasteiger partial charge on any atom is 0.225 e. The first-order valence-electron chi connectivity index (χ1n) is 9.22. The molecule has 1 heterocycles. The van der Waals surface area contributed by atoms with Gasteiger partial charge < -0.3 is 10.1 Å².